The average molecular weight is 458 g/mol. The van der Waals surface area contributed by atoms with Gasteiger partial charge in [0.15, 0.2) is 11.6 Å². The fourth-order valence-corrected chi connectivity index (χ4v) is 4.17. The number of methoxy groups -OCH3 is 1. The van der Waals surface area contributed by atoms with Crippen LogP contribution in [0.3, 0.4) is 0 Å². The van der Waals surface area contributed by atoms with Gasteiger partial charge >= 0.3 is 0 Å². The molecule has 1 N–H and O–H groups in total. The summed E-state index contributed by atoms with van der Waals surface area (Å²) in [7, 11) is 1.30. The van der Waals surface area contributed by atoms with Crippen molar-refractivity contribution in [2.75, 3.05) is 46.5 Å². The SMILES string of the molecule is COc1ccc(C(O)=C2C(=O)C(=O)N(CCN3CCOCC3)[C@H]2c2ccccc2F)cc1F. The average Bonchev–Trinajstić information content (AvgIpc) is 3.08. The van der Waals surface area contributed by atoms with Gasteiger partial charge in [0.2, 0.25) is 0 Å². The van der Waals surface area contributed by atoms with Crippen LogP contribution in [0.1, 0.15) is 17.2 Å². The van der Waals surface area contributed by atoms with Crippen LogP contribution in [0.15, 0.2) is 48.0 Å². The Hall–Kier alpha value is -3.30. The van der Waals surface area contributed by atoms with Crippen molar-refractivity contribution in [3.8, 4) is 5.75 Å². The summed E-state index contributed by atoms with van der Waals surface area (Å²) >= 11 is 0. The molecule has 4 rings (SSSR count). The van der Waals surface area contributed by atoms with Gasteiger partial charge in [-0.25, -0.2) is 8.78 Å². The van der Waals surface area contributed by atoms with Gasteiger partial charge in [-0.2, -0.15) is 0 Å². The van der Waals surface area contributed by atoms with Crippen LogP contribution in [0.5, 0.6) is 5.75 Å². The molecular formula is C24H24F2N2O5. The molecule has 33 heavy (non-hydrogen) atoms. The van der Waals surface area contributed by atoms with Gasteiger partial charge in [-0.3, -0.25) is 14.5 Å². The molecule has 1 amide bonds. The number of halogens is 2. The van der Waals surface area contributed by atoms with Crippen LogP contribution < -0.4 is 4.74 Å². The maximum Gasteiger partial charge on any atom is 0.295 e. The van der Waals surface area contributed by atoms with Gasteiger partial charge in [-0.15, -0.1) is 0 Å². The van der Waals surface area contributed by atoms with Crippen LogP contribution in [0.25, 0.3) is 5.76 Å². The number of ether oxygens (including phenoxy) is 2. The molecule has 174 valence electrons. The topological polar surface area (TPSA) is 79.3 Å². The number of aliphatic hydroxyl groups is 1. The zero-order chi connectivity index (χ0) is 23.5. The van der Waals surface area contributed by atoms with E-state index in [4.69, 9.17) is 9.47 Å². The lowest BCUT2D eigenvalue weighted by Gasteiger charge is -2.31. The molecule has 0 radical (unpaired) electrons. The maximum atomic E-state index is 14.8. The number of amides is 1. The highest BCUT2D eigenvalue weighted by Crippen LogP contribution is 2.40. The van der Waals surface area contributed by atoms with Gasteiger partial charge in [-0.05, 0) is 24.3 Å². The van der Waals surface area contributed by atoms with Crippen molar-refractivity contribution in [1.82, 2.24) is 9.80 Å². The van der Waals surface area contributed by atoms with E-state index < -0.39 is 35.1 Å². The van der Waals surface area contributed by atoms with Crippen molar-refractivity contribution in [3.63, 3.8) is 0 Å². The first-order valence-electron chi connectivity index (χ1n) is 10.6. The number of hydrogen-bond acceptors (Lipinski definition) is 6. The lowest BCUT2D eigenvalue weighted by atomic mass is 9.95. The van der Waals surface area contributed by atoms with E-state index in [-0.39, 0.29) is 29.0 Å². The third-order valence-corrected chi connectivity index (χ3v) is 5.93. The molecule has 7 nitrogen and oxygen atoms in total. The van der Waals surface area contributed by atoms with Crippen LogP contribution in [0, 0.1) is 11.6 Å². The Morgan fingerprint density at radius 2 is 1.82 bits per heavy atom. The molecule has 0 aromatic heterocycles. The van der Waals surface area contributed by atoms with Crippen LogP contribution in [-0.4, -0.2) is 73.1 Å². The Bertz CT molecular complexity index is 1100. The molecule has 1 atom stereocenters. The fourth-order valence-electron chi connectivity index (χ4n) is 4.17. The van der Waals surface area contributed by atoms with E-state index in [1.165, 1.54) is 42.3 Å². The summed E-state index contributed by atoms with van der Waals surface area (Å²) < 4.78 is 39.3. The Balaban J connectivity index is 1.76. The Morgan fingerprint density at radius 1 is 1.09 bits per heavy atom. The summed E-state index contributed by atoms with van der Waals surface area (Å²) in [5.41, 5.74) is -0.216. The third kappa shape index (κ3) is 4.46. The number of carbonyl (C=O) groups is 2. The van der Waals surface area contributed by atoms with Crippen molar-refractivity contribution in [2.45, 2.75) is 6.04 Å². The Kier molecular flexibility index (Phi) is 6.71. The molecule has 2 heterocycles. The number of benzene rings is 2. The molecule has 0 spiro atoms. The second kappa shape index (κ2) is 9.68. The minimum atomic E-state index is -1.14. The molecule has 2 aromatic rings. The number of rotatable bonds is 6. The van der Waals surface area contributed by atoms with Gasteiger partial charge in [0.05, 0.1) is 31.9 Å². The van der Waals surface area contributed by atoms with E-state index in [1.54, 1.807) is 6.07 Å². The number of carbonyl (C=O) groups excluding carboxylic acids is 2. The first-order valence-corrected chi connectivity index (χ1v) is 10.6. The van der Waals surface area contributed by atoms with E-state index in [0.29, 0.717) is 32.8 Å². The number of nitrogens with zero attached hydrogens (tertiary/aromatic N) is 2. The lowest BCUT2D eigenvalue weighted by molar-refractivity contribution is -0.140. The van der Waals surface area contributed by atoms with Crippen molar-refractivity contribution in [1.29, 1.82) is 0 Å². The Labute approximate surface area is 189 Å². The molecule has 0 unspecified atom stereocenters. The highest BCUT2D eigenvalue weighted by Gasteiger charge is 2.47. The molecule has 2 aliphatic heterocycles. The minimum Gasteiger partial charge on any atom is -0.507 e. The number of ketones is 1. The van der Waals surface area contributed by atoms with Crippen molar-refractivity contribution < 1.29 is 33.0 Å². The summed E-state index contributed by atoms with van der Waals surface area (Å²) in [5, 5.41) is 11.0. The highest BCUT2D eigenvalue weighted by molar-refractivity contribution is 6.46. The first kappa shape index (κ1) is 22.9. The number of Topliss-reactive ketones (excluding diaryl/α,β-unsaturated/α-hetero) is 1. The second-order valence-electron chi connectivity index (χ2n) is 7.82. The second-order valence-corrected chi connectivity index (χ2v) is 7.82. The molecule has 2 aliphatic rings. The zero-order valence-corrected chi connectivity index (χ0v) is 18.1. The van der Waals surface area contributed by atoms with Crippen LogP contribution >= 0.6 is 0 Å². The molecule has 2 fully saturated rings. The zero-order valence-electron chi connectivity index (χ0n) is 18.1. The molecule has 0 saturated carbocycles. The predicted octanol–water partition coefficient (Wildman–Crippen LogP) is 2.73. The molecule has 0 aliphatic carbocycles. The van der Waals surface area contributed by atoms with Crippen molar-refractivity contribution in [3.05, 3.63) is 70.8 Å². The molecule has 2 aromatic carbocycles. The first-order chi connectivity index (χ1) is 15.9. The largest absolute Gasteiger partial charge is 0.507 e. The molecule has 0 bridgehead atoms. The summed E-state index contributed by atoms with van der Waals surface area (Å²) in [6.45, 7) is 3.10. The van der Waals surface area contributed by atoms with Gasteiger partial charge in [0, 0.05) is 37.3 Å². The standard InChI is InChI=1S/C24H24F2N2O5/c1-32-19-7-6-15(14-18(19)26)22(29)20-21(16-4-2-3-5-17(16)25)28(24(31)23(20)30)9-8-27-10-12-33-13-11-27/h2-7,14,21,29H,8-13H2,1H3/t21-/m0/s1. The van der Waals surface area contributed by atoms with Gasteiger partial charge in [0.25, 0.3) is 11.7 Å². The quantitative estimate of drug-likeness (QED) is 0.408. The number of likely N-dealkylation sites (tertiary alicyclic amines) is 1. The van der Waals surface area contributed by atoms with E-state index in [2.05, 4.69) is 4.90 Å². The summed E-state index contributed by atoms with van der Waals surface area (Å²) in [5.74, 6) is -3.76. The highest BCUT2D eigenvalue weighted by atomic mass is 19.1. The smallest absolute Gasteiger partial charge is 0.295 e. The number of aliphatic hydroxyl groups excluding tert-OH is 1. The van der Waals surface area contributed by atoms with Crippen molar-refractivity contribution >= 4 is 17.4 Å². The third-order valence-electron chi connectivity index (χ3n) is 5.93. The monoisotopic (exact) mass is 458 g/mol. The van der Waals surface area contributed by atoms with Gasteiger partial charge in [-0.1, -0.05) is 18.2 Å². The molecule has 9 heteroatoms. The predicted molar refractivity (Wildman–Crippen MR) is 116 cm³/mol. The van der Waals surface area contributed by atoms with Crippen molar-refractivity contribution in [2.24, 2.45) is 0 Å². The lowest BCUT2D eigenvalue weighted by Crippen LogP contribution is -2.42. The number of morpholine rings is 1. The number of hydrogen-bond donors (Lipinski definition) is 1. The Morgan fingerprint density at radius 3 is 2.48 bits per heavy atom. The normalized spacial score (nSPS) is 20.9. The molecular weight excluding hydrogens is 434 g/mol. The molecule has 2 saturated heterocycles. The van der Waals surface area contributed by atoms with Crippen LogP contribution in [0.2, 0.25) is 0 Å². The van der Waals surface area contributed by atoms with Gasteiger partial charge in [0.1, 0.15) is 11.6 Å². The van der Waals surface area contributed by atoms with E-state index in [9.17, 15) is 23.5 Å². The summed E-state index contributed by atoms with van der Waals surface area (Å²) in [6.07, 6.45) is 0. The van der Waals surface area contributed by atoms with E-state index >= 15 is 0 Å². The van der Waals surface area contributed by atoms with Crippen LogP contribution in [0.4, 0.5) is 8.78 Å². The van der Waals surface area contributed by atoms with E-state index in [1.807, 2.05) is 0 Å². The van der Waals surface area contributed by atoms with Crippen LogP contribution in [-0.2, 0) is 14.3 Å². The minimum absolute atomic E-state index is 0.0131. The summed E-state index contributed by atoms with van der Waals surface area (Å²) in [4.78, 5) is 29.3. The summed E-state index contributed by atoms with van der Waals surface area (Å²) in [6, 6.07) is 8.32. The van der Waals surface area contributed by atoms with E-state index in [0.717, 1.165) is 6.07 Å². The maximum absolute atomic E-state index is 14.8. The van der Waals surface area contributed by atoms with Gasteiger partial charge < -0.3 is 19.5 Å². The fraction of sp³-hybridized carbons (Fsp3) is 0.333.